The zero-order chi connectivity index (χ0) is 22.3. The first kappa shape index (κ1) is 24.0. The van der Waals surface area contributed by atoms with Crippen molar-refractivity contribution in [2.75, 3.05) is 25.5 Å². The highest BCUT2D eigenvalue weighted by Crippen LogP contribution is 2.29. The predicted octanol–water partition coefficient (Wildman–Crippen LogP) is 4.73. The molecule has 2 N–H and O–H groups in total. The fourth-order valence-corrected chi connectivity index (χ4v) is 3.81. The maximum atomic E-state index is 13.1. The van der Waals surface area contributed by atoms with Crippen LogP contribution in [-0.4, -0.2) is 42.6 Å². The van der Waals surface area contributed by atoms with Crippen LogP contribution >= 0.6 is 0 Å². The maximum absolute atomic E-state index is 13.1. The number of amides is 1. The summed E-state index contributed by atoms with van der Waals surface area (Å²) < 4.78 is 11.1. The van der Waals surface area contributed by atoms with Gasteiger partial charge in [0, 0.05) is 25.2 Å². The van der Waals surface area contributed by atoms with E-state index >= 15 is 0 Å². The van der Waals surface area contributed by atoms with E-state index in [0.29, 0.717) is 29.8 Å². The van der Waals surface area contributed by atoms with E-state index in [0.717, 1.165) is 37.0 Å². The van der Waals surface area contributed by atoms with E-state index in [1.54, 1.807) is 11.0 Å². The van der Waals surface area contributed by atoms with Crippen LogP contribution in [0, 0.1) is 12.3 Å². The van der Waals surface area contributed by atoms with Crippen LogP contribution < -0.4 is 10.5 Å². The van der Waals surface area contributed by atoms with Crippen molar-refractivity contribution in [3.05, 3.63) is 23.3 Å². The topological polar surface area (TPSA) is 81.9 Å². The first-order valence-corrected chi connectivity index (χ1v) is 11.1. The number of ether oxygens (including phenoxy) is 2. The van der Waals surface area contributed by atoms with E-state index in [4.69, 9.17) is 15.2 Å². The summed E-state index contributed by atoms with van der Waals surface area (Å²) in [6.07, 6.45) is 6.28. The van der Waals surface area contributed by atoms with Crippen molar-refractivity contribution in [2.45, 2.75) is 79.2 Å². The first-order chi connectivity index (χ1) is 14.1. The van der Waals surface area contributed by atoms with Crippen LogP contribution in [0.4, 0.5) is 5.69 Å². The van der Waals surface area contributed by atoms with Crippen LogP contribution in [0.15, 0.2) is 12.1 Å². The smallest absolute Gasteiger partial charge is 0.302 e. The third-order valence-electron chi connectivity index (χ3n) is 5.52. The van der Waals surface area contributed by atoms with E-state index in [1.807, 2.05) is 13.0 Å². The van der Waals surface area contributed by atoms with Crippen LogP contribution in [0.2, 0.25) is 0 Å². The quantitative estimate of drug-likeness (QED) is 0.356. The number of anilines is 1. The number of aryl methyl sites for hydroxylation is 1. The number of benzene rings is 1. The van der Waals surface area contributed by atoms with Gasteiger partial charge in [-0.25, -0.2) is 0 Å². The first-order valence-electron chi connectivity index (χ1n) is 11.1. The van der Waals surface area contributed by atoms with Crippen LogP contribution in [0.25, 0.3) is 0 Å². The zero-order valence-electron chi connectivity index (χ0n) is 19.3. The molecule has 0 aliphatic carbocycles. The fraction of sp³-hybridized carbons (Fsp3) is 0.667. The summed E-state index contributed by atoms with van der Waals surface area (Å²) in [5.41, 5.74) is 8.40. The molecule has 1 aromatic rings. The summed E-state index contributed by atoms with van der Waals surface area (Å²) in [6.45, 7) is 11.6. The number of hydrogen-bond acceptors (Lipinski definition) is 5. The van der Waals surface area contributed by atoms with Crippen molar-refractivity contribution < 1.29 is 19.1 Å². The molecular weight excluding hydrogens is 380 g/mol. The molecule has 1 aromatic carbocycles. The Kier molecular flexibility index (Phi) is 8.56. The van der Waals surface area contributed by atoms with E-state index in [1.165, 1.54) is 19.8 Å². The molecule has 0 saturated carbocycles. The molecular formula is C24H38N2O4. The average molecular weight is 419 g/mol. The van der Waals surface area contributed by atoms with Gasteiger partial charge in [-0.1, -0.05) is 33.6 Å². The SMILES string of the molecule is CC(=O)OC[C@@H]1CCCN1C(=O)c1cc(C)c(OCCCCCC(C)(C)C)cc1N. The minimum atomic E-state index is -0.329. The molecule has 6 heteroatoms. The number of carbonyl (C=O) groups is 2. The van der Waals surface area contributed by atoms with E-state index < -0.39 is 0 Å². The van der Waals surface area contributed by atoms with Gasteiger partial charge in [0.1, 0.15) is 12.4 Å². The normalized spacial score (nSPS) is 16.6. The Morgan fingerprint density at radius 2 is 1.93 bits per heavy atom. The van der Waals surface area contributed by atoms with Crippen molar-refractivity contribution in [3.8, 4) is 5.75 Å². The number of hydrogen-bond donors (Lipinski definition) is 1. The Balaban J connectivity index is 1.93. The number of carbonyl (C=O) groups excluding carboxylic acids is 2. The van der Waals surface area contributed by atoms with Gasteiger partial charge in [-0.15, -0.1) is 0 Å². The summed E-state index contributed by atoms with van der Waals surface area (Å²) in [4.78, 5) is 25.9. The monoisotopic (exact) mass is 418 g/mol. The third-order valence-corrected chi connectivity index (χ3v) is 5.52. The standard InChI is InChI=1S/C24H38N2O4/c1-17-14-20(23(28)26-12-9-10-19(26)16-30-18(2)27)21(25)15-22(17)29-13-8-6-7-11-24(3,4)5/h14-15,19H,6-13,16,25H2,1-5H3/t19-/m0/s1. The average Bonchev–Trinajstić information content (AvgIpc) is 3.12. The highest BCUT2D eigenvalue weighted by Gasteiger charge is 2.31. The number of rotatable bonds is 9. The highest BCUT2D eigenvalue weighted by atomic mass is 16.5. The summed E-state index contributed by atoms with van der Waals surface area (Å²) in [5, 5.41) is 0. The lowest BCUT2D eigenvalue weighted by molar-refractivity contribution is -0.142. The molecule has 1 heterocycles. The van der Waals surface area contributed by atoms with Crippen LogP contribution in [0.5, 0.6) is 5.75 Å². The summed E-state index contributed by atoms with van der Waals surface area (Å²) >= 11 is 0. The number of esters is 1. The van der Waals surface area contributed by atoms with Gasteiger partial charge in [0.05, 0.1) is 18.2 Å². The lowest BCUT2D eigenvalue weighted by Gasteiger charge is -2.25. The predicted molar refractivity (Wildman–Crippen MR) is 120 cm³/mol. The molecule has 0 spiro atoms. The van der Waals surface area contributed by atoms with Crippen LogP contribution in [0.1, 0.15) is 82.1 Å². The van der Waals surface area contributed by atoms with Gasteiger partial charge >= 0.3 is 5.97 Å². The van der Waals surface area contributed by atoms with E-state index in [-0.39, 0.29) is 24.5 Å². The summed E-state index contributed by atoms with van der Waals surface area (Å²) in [7, 11) is 0. The van der Waals surface area contributed by atoms with Gasteiger partial charge < -0.3 is 20.1 Å². The van der Waals surface area contributed by atoms with Gasteiger partial charge in [-0.2, -0.15) is 0 Å². The Morgan fingerprint density at radius 1 is 1.20 bits per heavy atom. The van der Waals surface area contributed by atoms with Crippen molar-refractivity contribution in [3.63, 3.8) is 0 Å². The second-order valence-corrected chi connectivity index (χ2v) is 9.52. The highest BCUT2D eigenvalue weighted by molar-refractivity contribution is 6.00. The lowest BCUT2D eigenvalue weighted by atomic mass is 9.89. The molecule has 1 aliphatic rings. The molecule has 1 fully saturated rings. The Labute approximate surface area is 181 Å². The van der Waals surface area contributed by atoms with E-state index in [2.05, 4.69) is 20.8 Å². The lowest BCUT2D eigenvalue weighted by Crippen LogP contribution is -2.39. The minimum absolute atomic E-state index is 0.0925. The molecule has 1 amide bonds. The van der Waals surface area contributed by atoms with E-state index in [9.17, 15) is 9.59 Å². The number of nitrogens with zero attached hydrogens (tertiary/aromatic N) is 1. The van der Waals surface area contributed by atoms with Crippen LogP contribution in [0.3, 0.4) is 0 Å². The second-order valence-electron chi connectivity index (χ2n) is 9.52. The van der Waals surface area contributed by atoms with Gasteiger partial charge in [-0.3, -0.25) is 9.59 Å². The van der Waals surface area contributed by atoms with Gasteiger partial charge in [-0.05, 0) is 49.7 Å². The molecule has 1 aliphatic heterocycles. The third kappa shape index (κ3) is 7.22. The van der Waals surface area contributed by atoms with Crippen molar-refractivity contribution in [2.24, 2.45) is 5.41 Å². The van der Waals surface area contributed by atoms with Crippen molar-refractivity contribution >= 4 is 17.6 Å². The number of nitrogen functional groups attached to an aromatic ring is 1. The van der Waals surface area contributed by atoms with Crippen molar-refractivity contribution in [1.82, 2.24) is 4.90 Å². The molecule has 1 saturated heterocycles. The summed E-state index contributed by atoms with van der Waals surface area (Å²) in [6, 6.07) is 3.48. The molecule has 1 atom stereocenters. The summed E-state index contributed by atoms with van der Waals surface area (Å²) in [5.74, 6) is 0.293. The Bertz CT molecular complexity index is 739. The number of nitrogens with two attached hydrogens (primary N) is 1. The number of unbranched alkanes of at least 4 members (excludes halogenated alkanes) is 2. The minimum Gasteiger partial charge on any atom is -0.493 e. The molecule has 168 valence electrons. The Morgan fingerprint density at radius 3 is 2.60 bits per heavy atom. The zero-order valence-corrected chi connectivity index (χ0v) is 19.3. The van der Waals surface area contributed by atoms with Crippen molar-refractivity contribution in [1.29, 1.82) is 0 Å². The molecule has 0 aromatic heterocycles. The maximum Gasteiger partial charge on any atom is 0.302 e. The molecule has 6 nitrogen and oxygen atoms in total. The van der Waals surface area contributed by atoms with Gasteiger partial charge in [0.2, 0.25) is 0 Å². The molecule has 30 heavy (non-hydrogen) atoms. The fourth-order valence-electron chi connectivity index (χ4n) is 3.81. The Hall–Kier alpha value is -2.24. The second kappa shape index (κ2) is 10.7. The molecule has 0 bridgehead atoms. The molecule has 0 radical (unpaired) electrons. The van der Waals surface area contributed by atoms with Crippen LogP contribution in [-0.2, 0) is 9.53 Å². The number of likely N-dealkylation sites (tertiary alicyclic amines) is 1. The molecule has 0 unspecified atom stereocenters. The van der Waals surface area contributed by atoms with Gasteiger partial charge in [0.15, 0.2) is 0 Å². The van der Waals surface area contributed by atoms with Gasteiger partial charge in [0.25, 0.3) is 5.91 Å². The largest absolute Gasteiger partial charge is 0.493 e. The molecule has 2 rings (SSSR count).